The second kappa shape index (κ2) is 15.3. The quantitative estimate of drug-likeness (QED) is 0.129. The summed E-state index contributed by atoms with van der Waals surface area (Å²) in [4.78, 5) is 9.60. The van der Waals surface area contributed by atoms with Gasteiger partial charge in [-0.05, 0) is 181 Å². The molecular weight excluding hydrogens is 921 g/mol. The lowest BCUT2D eigenvalue weighted by Gasteiger charge is -2.39. The highest BCUT2D eigenvalue weighted by Gasteiger charge is 2.31. The summed E-state index contributed by atoms with van der Waals surface area (Å²) in [5.41, 5.74) is 16.4. The molecule has 15 aromatic rings. The predicted octanol–water partition coefficient (Wildman–Crippen LogP) is 20.2. The molecule has 0 aliphatic carbocycles. The van der Waals surface area contributed by atoms with Gasteiger partial charge in [0.1, 0.15) is 0 Å². The molecule has 0 aromatic heterocycles. The minimum Gasteiger partial charge on any atom is -0.341 e. The molecule has 0 unspecified atom stereocenters. The van der Waals surface area contributed by atoms with E-state index in [0.29, 0.717) is 0 Å². The van der Waals surface area contributed by atoms with E-state index in [2.05, 4.69) is 276 Å². The molecule has 0 N–H and O–H groups in total. The fourth-order valence-corrected chi connectivity index (χ4v) is 13.8. The SMILES string of the molecule is CN1c2ccccc2N(c2ccc3c(-c4ccc5ccc6cccc7ccc4c5c67)c4cc(N5c6ccccc6N(C)c6ccccc65)ccc4c(-c4ccc5ccc6cccc7ccc4c5c67)c3c2)c2ccccc21. The van der Waals surface area contributed by atoms with Crippen molar-refractivity contribution in [2.45, 2.75) is 0 Å². The predicted molar refractivity (Wildman–Crippen MR) is 325 cm³/mol. The van der Waals surface area contributed by atoms with Crippen LogP contribution in [0.4, 0.5) is 56.9 Å². The molecule has 0 radical (unpaired) electrons. The largest absolute Gasteiger partial charge is 0.341 e. The molecule has 0 spiro atoms. The highest BCUT2D eigenvalue weighted by molar-refractivity contribution is 6.33. The maximum Gasteiger partial charge on any atom is 0.0699 e. The molecule has 0 atom stereocenters. The van der Waals surface area contributed by atoms with Gasteiger partial charge in [0.05, 0.1) is 45.5 Å². The summed E-state index contributed by atoms with van der Waals surface area (Å²) in [5, 5.41) is 20.2. The zero-order valence-electron chi connectivity index (χ0n) is 41.9. The molecule has 2 aliphatic rings. The highest BCUT2D eigenvalue weighted by atomic mass is 15.3. The molecule has 0 saturated heterocycles. The van der Waals surface area contributed by atoms with Gasteiger partial charge in [0.25, 0.3) is 0 Å². The van der Waals surface area contributed by atoms with Gasteiger partial charge in [-0.1, -0.05) is 170 Å². The zero-order chi connectivity index (χ0) is 49.9. The minimum atomic E-state index is 1.11. The first-order chi connectivity index (χ1) is 37.6. The number of hydrogen-bond acceptors (Lipinski definition) is 4. The molecule has 4 nitrogen and oxygen atoms in total. The Bertz CT molecular complexity index is 4520. The summed E-state index contributed by atoms with van der Waals surface area (Å²) in [6.45, 7) is 0. The fraction of sp³-hybridized carbons (Fsp3) is 0.0278. The Kier molecular flexibility index (Phi) is 8.38. The van der Waals surface area contributed by atoms with Gasteiger partial charge in [-0.15, -0.1) is 0 Å². The highest BCUT2D eigenvalue weighted by Crippen LogP contribution is 2.56. The van der Waals surface area contributed by atoms with Crippen LogP contribution in [0.1, 0.15) is 0 Å². The van der Waals surface area contributed by atoms with E-state index in [1.54, 1.807) is 0 Å². The summed E-state index contributed by atoms with van der Waals surface area (Å²) in [7, 11) is 4.37. The van der Waals surface area contributed by atoms with E-state index in [1.165, 1.54) is 131 Å². The van der Waals surface area contributed by atoms with Gasteiger partial charge in [-0.3, -0.25) is 0 Å². The summed E-state index contributed by atoms with van der Waals surface area (Å²) >= 11 is 0. The molecule has 0 bridgehead atoms. The second-order valence-corrected chi connectivity index (χ2v) is 20.9. The van der Waals surface area contributed by atoms with E-state index in [0.717, 1.165) is 34.1 Å². The summed E-state index contributed by atoms with van der Waals surface area (Å²) in [6.07, 6.45) is 0. The van der Waals surface area contributed by atoms with Gasteiger partial charge < -0.3 is 19.6 Å². The summed E-state index contributed by atoms with van der Waals surface area (Å²) in [5.74, 6) is 0. The first-order valence-electron chi connectivity index (χ1n) is 26.4. The molecule has 0 fully saturated rings. The number of para-hydroxylation sites is 8. The van der Waals surface area contributed by atoms with Gasteiger partial charge in [-0.25, -0.2) is 0 Å². The molecule has 354 valence electrons. The van der Waals surface area contributed by atoms with Crippen LogP contribution in [0.5, 0.6) is 0 Å². The van der Waals surface area contributed by atoms with Gasteiger partial charge in [0, 0.05) is 25.5 Å². The van der Waals surface area contributed by atoms with Gasteiger partial charge in [0.2, 0.25) is 0 Å². The van der Waals surface area contributed by atoms with E-state index in [9.17, 15) is 0 Å². The Morgan fingerprint density at radius 2 is 0.513 bits per heavy atom. The van der Waals surface area contributed by atoms with E-state index in [4.69, 9.17) is 0 Å². The monoisotopic (exact) mass is 966 g/mol. The maximum atomic E-state index is 2.50. The van der Waals surface area contributed by atoms with Crippen molar-refractivity contribution in [2.24, 2.45) is 0 Å². The van der Waals surface area contributed by atoms with Crippen LogP contribution in [0.2, 0.25) is 0 Å². The number of rotatable bonds is 4. The van der Waals surface area contributed by atoms with Crippen LogP contribution in [0, 0.1) is 0 Å². The third kappa shape index (κ3) is 5.57. The van der Waals surface area contributed by atoms with E-state index < -0.39 is 0 Å². The van der Waals surface area contributed by atoms with Gasteiger partial charge >= 0.3 is 0 Å². The Hall–Kier alpha value is -9.90. The van der Waals surface area contributed by atoms with Crippen molar-refractivity contribution < 1.29 is 0 Å². The third-order valence-electron chi connectivity index (χ3n) is 17.1. The van der Waals surface area contributed by atoms with Gasteiger partial charge in [0.15, 0.2) is 0 Å². The smallest absolute Gasteiger partial charge is 0.0699 e. The van der Waals surface area contributed by atoms with Gasteiger partial charge in [-0.2, -0.15) is 0 Å². The Morgan fingerprint density at radius 1 is 0.224 bits per heavy atom. The van der Waals surface area contributed by atoms with Crippen LogP contribution in [0.15, 0.2) is 243 Å². The van der Waals surface area contributed by atoms with Crippen LogP contribution in [-0.4, -0.2) is 14.1 Å². The molecule has 0 saturated carbocycles. The van der Waals surface area contributed by atoms with Crippen LogP contribution in [0.25, 0.3) is 108 Å². The van der Waals surface area contributed by atoms with Crippen molar-refractivity contribution in [3.63, 3.8) is 0 Å². The standard InChI is InChI=1S/C72H46N4/c1-73-59-17-3-7-21-63(59)75(64-22-8-4-18-60(64)73)49-33-39-55-57(41-49)71(53-37-31-47-27-25-43-13-11-15-45-29-35-51(53)69(47)67(43)45)56-40-34-50(76-65-23-9-5-19-61(65)74(2)62-20-6-10-24-66(62)76)42-58(56)72(55)54-38-32-48-28-26-44-14-12-16-46-30-36-52(54)70(48)68(44)46/h3-42H,1-2H3. The Balaban J connectivity index is 1.05. The van der Waals surface area contributed by atoms with Crippen LogP contribution in [0.3, 0.4) is 0 Å². The first kappa shape index (κ1) is 41.6. The maximum absolute atomic E-state index is 2.50. The number of benzene rings is 15. The van der Waals surface area contributed by atoms with Crippen molar-refractivity contribution in [3.8, 4) is 22.3 Å². The number of fused-ring (bicyclic) bond motifs is 6. The lowest BCUT2D eigenvalue weighted by molar-refractivity contribution is 1.13. The minimum absolute atomic E-state index is 1.11. The van der Waals surface area contributed by atoms with Crippen molar-refractivity contribution in [2.75, 3.05) is 33.7 Å². The molecular formula is C72H46N4. The number of anilines is 10. The fourth-order valence-electron chi connectivity index (χ4n) is 13.8. The molecule has 2 heterocycles. The third-order valence-corrected chi connectivity index (χ3v) is 17.1. The van der Waals surface area contributed by atoms with Crippen LogP contribution in [-0.2, 0) is 0 Å². The number of nitrogens with zero attached hydrogens (tertiary/aromatic N) is 4. The van der Waals surface area contributed by atoms with E-state index in [-0.39, 0.29) is 0 Å². The normalized spacial score (nSPS) is 13.3. The van der Waals surface area contributed by atoms with Crippen molar-refractivity contribution >= 4 is 143 Å². The molecule has 15 aromatic carbocycles. The lowest BCUT2D eigenvalue weighted by Crippen LogP contribution is -2.24. The van der Waals surface area contributed by atoms with Crippen molar-refractivity contribution in [1.29, 1.82) is 0 Å². The number of hydrogen-bond donors (Lipinski definition) is 0. The van der Waals surface area contributed by atoms with Crippen LogP contribution >= 0.6 is 0 Å². The molecule has 2 aliphatic heterocycles. The second-order valence-electron chi connectivity index (χ2n) is 20.9. The van der Waals surface area contributed by atoms with E-state index in [1.807, 2.05) is 0 Å². The average molecular weight is 967 g/mol. The van der Waals surface area contributed by atoms with Crippen molar-refractivity contribution in [3.05, 3.63) is 243 Å². The first-order valence-corrected chi connectivity index (χ1v) is 26.4. The average Bonchev–Trinajstić information content (AvgIpc) is 3.49. The molecule has 17 rings (SSSR count). The molecule has 4 heteroatoms. The van der Waals surface area contributed by atoms with Crippen LogP contribution < -0.4 is 19.6 Å². The molecule has 76 heavy (non-hydrogen) atoms. The zero-order valence-corrected chi connectivity index (χ0v) is 41.9. The van der Waals surface area contributed by atoms with E-state index >= 15 is 0 Å². The Morgan fingerprint density at radius 3 is 0.868 bits per heavy atom. The summed E-state index contributed by atoms with van der Waals surface area (Å²) in [6, 6.07) is 91.5. The topological polar surface area (TPSA) is 13.0 Å². The Labute approximate surface area is 439 Å². The molecule has 0 amide bonds. The summed E-state index contributed by atoms with van der Waals surface area (Å²) < 4.78 is 0. The lowest BCUT2D eigenvalue weighted by atomic mass is 9.81. The van der Waals surface area contributed by atoms with Crippen molar-refractivity contribution in [1.82, 2.24) is 0 Å².